The van der Waals surface area contributed by atoms with Gasteiger partial charge in [0.05, 0.1) is 20.0 Å². The van der Waals surface area contributed by atoms with Crippen LogP contribution < -0.4 is 4.31 Å². The van der Waals surface area contributed by atoms with Crippen molar-refractivity contribution in [3.05, 3.63) is 64.8 Å². The molecule has 0 aliphatic carbocycles. The second-order valence-corrected chi connectivity index (χ2v) is 14.0. The minimum absolute atomic E-state index is 0.0866. The predicted octanol–water partition coefficient (Wildman–Crippen LogP) is 6.04. The van der Waals surface area contributed by atoms with Gasteiger partial charge in [0.25, 0.3) is 10.0 Å². The molecule has 0 spiro atoms. The fourth-order valence-corrected chi connectivity index (χ4v) is 10.0. The summed E-state index contributed by atoms with van der Waals surface area (Å²) in [6.45, 7) is 6.57. The number of sulfonamides is 1. The monoisotopic (exact) mass is 501 g/mol. The van der Waals surface area contributed by atoms with Gasteiger partial charge in [-0.1, -0.05) is 60.1 Å². The van der Waals surface area contributed by atoms with E-state index in [9.17, 15) is 8.42 Å². The molecule has 157 valence electrons. The largest absolute Gasteiger partial charge is 0.266 e. The number of aromatic nitrogens is 1. The van der Waals surface area contributed by atoms with Crippen molar-refractivity contribution in [3.63, 3.8) is 0 Å². The summed E-state index contributed by atoms with van der Waals surface area (Å²) in [4.78, 5) is 4.70. The number of fused-ring (bicyclic) bond motifs is 2. The molecule has 30 heavy (non-hydrogen) atoms. The summed E-state index contributed by atoms with van der Waals surface area (Å²) in [6.07, 6.45) is 2.59. The van der Waals surface area contributed by atoms with E-state index in [1.807, 2.05) is 30.3 Å². The third kappa shape index (κ3) is 3.61. The van der Waals surface area contributed by atoms with Crippen molar-refractivity contribution in [2.45, 2.75) is 55.8 Å². The van der Waals surface area contributed by atoms with Crippen molar-refractivity contribution in [3.8, 4) is 0 Å². The molecular weight excluding hydrogens is 476 g/mol. The van der Waals surface area contributed by atoms with Crippen LogP contribution in [0.4, 0.5) is 5.69 Å². The van der Waals surface area contributed by atoms with E-state index in [4.69, 9.17) is 0 Å². The maximum Gasteiger partial charge on any atom is 0.266 e. The number of hydrogen-bond donors (Lipinski definition) is 0. The number of benzene rings is 2. The molecule has 1 aliphatic rings. The van der Waals surface area contributed by atoms with E-state index >= 15 is 0 Å². The zero-order valence-corrected chi connectivity index (χ0v) is 20.9. The zero-order chi connectivity index (χ0) is 21.5. The third-order valence-corrected chi connectivity index (χ3v) is 12.2. The van der Waals surface area contributed by atoms with Crippen molar-refractivity contribution in [2.75, 3.05) is 4.31 Å². The van der Waals surface area contributed by atoms with Crippen molar-refractivity contribution in [2.24, 2.45) is 0 Å². The first-order valence-electron chi connectivity index (χ1n) is 10.4. The Balaban J connectivity index is 1.93. The van der Waals surface area contributed by atoms with E-state index in [-0.39, 0.29) is 10.9 Å². The van der Waals surface area contributed by atoms with E-state index in [1.54, 1.807) is 22.6 Å². The minimum atomic E-state index is -3.78. The summed E-state index contributed by atoms with van der Waals surface area (Å²) >= 11 is 3.57. The third-order valence-electron chi connectivity index (χ3n) is 6.24. The molecule has 0 unspecified atom stereocenters. The molecule has 1 aromatic heterocycles. The molecule has 3 aromatic rings. The highest BCUT2D eigenvalue weighted by Gasteiger charge is 2.42. The molecule has 0 fully saturated rings. The summed E-state index contributed by atoms with van der Waals surface area (Å²) in [7, 11) is -4.45. The van der Waals surface area contributed by atoms with Crippen LogP contribution in [0.1, 0.15) is 26.3 Å². The molecule has 0 bridgehead atoms. The van der Waals surface area contributed by atoms with E-state index < -0.39 is 18.8 Å². The lowest BCUT2D eigenvalue weighted by molar-refractivity contribution is 0.559. The number of pyridine rings is 1. The van der Waals surface area contributed by atoms with E-state index in [2.05, 4.69) is 47.8 Å². The fourth-order valence-electron chi connectivity index (χ4n) is 4.72. The molecule has 0 N–H and O–H groups in total. The molecule has 2 heterocycles. The normalized spacial score (nSPS) is 19.3. The van der Waals surface area contributed by atoms with Gasteiger partial charge in [-0.15, -0.1) is 0 Å². The number of anilines is 1. The maximum atomic E-state index is 14.1. The summed E-state index contributed by atoms with van der Waals surface area (Å²) in [5, 5.41) is 0.836. The SMILES string of the molecule is CC[Si](CC)[C@@H]1Cc2cc(Br)ccc2N(S(=O)(=O)c2cccc3cccnc23)[C@@H]1C. The van der Waals surface area contributed by atoms with Gasteiger partial charge >= 0.3 is 0 Å². The van der Waals surface area contributed by atoms with Crippen LogP contribution in [0.3, 0.4) is 0 Å². The van der Waals surface area contributed by atoms with Gasteiger partial charge in [-0.25, -0.2) is 8.42 Å². The van der Waals surface area contributed by atoms with Gasteiger partial charge in [0.1, 0.15) is 4.90 Å². The van der Waals surface area contributed by atoms with Crippen LogP contribution in [-0.4, -0.2) is 28.2 Å². The van der Waals surface area contributed by atoms with Crippen molar-refractivity contribution < 1.29 is 8.42 Å². The van der Waals surface area contributed by atoms with Gasteiger partial charge in [-0.3, -0.25) is 9.29 Å². The summed E-state index contributed by atoms with van der Waals surface area (Å²) in [5.41, 5.74) is 2.80. The Morgan fingerprint density at radius 2 is 1.87 bits per heavy atom. The van der Waals surface area contributed by atoms with Gasteiger partial charge in [0.2, 0.25) is 0 Å². The average molecular weight is 503 g/mol. The lowest BCUT2D eigenvalue weighted by atomic mass is 9.98. The molecule has 2 aromatic carbocycles. The summed E-state index contributed by atoms with van der Waals surface area (Å²) in [5.74, 6) is 0. The second kappa shape index (κ2) is 8.44. The number of nitrogens with zero attached hydrogens (tertiary/aromatic N) is 2. The van der Waals surface area contributed by atoms with Gasteiger partial charge in [0.15, 0.2) is 0 Å². The first kappa shape index (κ1) is 21.5. The fraction of sp³-hybridized carbons (Fsp3) is 0.348. The number of para-hydroxylation sites is 1. The second-order valence-electron chi connectivity index (χ2n) is 7.82. The zero-order valence-electron chi connectivity index (χ0n) is 17.5. The maximum absolute atomic E-state index is 14.1. The lowest BCUT2D eigenvalue weighted by Gasteiger charge is -2.43. The molecule has 1 radical (unpaired) electrons. The summed E-state index contributed by atoms with van der Waals surface area (Å²) in [6, 6.07) is 17.3. The first-order chi connectivity index (χ1) is 14.4. The highest BCUT2D eigenvalue weighted by Crippen LogP contribution is 2.44. The Hall–Kier alpha value is -1.70. The number of hydrogen-bond acceptors (Lipinski definition) is 3. The van der Waals surface area contributed by atoms with Crippen LogP contribution >= 0.6 is 15.9 Å². The first-order valence-corrected chi connectivity index (χ1v) is 14.6. The van der Waals surface area contributed by atoms with E-state index in [0.29, 0.717) is 11.1 Å². The van der Waals surface area contributed by atoms with Gasteiger partial charge in [-0.2, -0.15) is 0 Å². The molecule has 0 saturated carbocycles. The highest BCUT2D eigenvalue weighted by atomic mass is 79.9. The lowest BCUT2D eigenvalue weighted by Crippen LogP contribution is -2.48. The predicted molar refractivity (Wildman–Crippen MR) is 129 cm³/mol. The molecule has 4 rings (SSSR count). The Morgan fingerprint density at radius 3 is 2.60 bits per heavy atom. The van der Waals surface area contributed by atoms with E-state index in [0.717, 1.165) is 39.6 Å². The van der Waals surface area contributed by atoms with Gasteiger partial charge in [0, 0.05) is 22.1 Å². The van der Waals surface area contributed by atoms with Crippen LogP contribution in [-0.2, 0) is 16.4 Å². The van der Waals surface area contributed by atoms with Crippen molar-refractivity contribution >= 4 is 51.3 Å². The molecule has 4 nitrogen and oxygen atoms in total. The minimum Gasteiger partial charge on any atom is -0.263 e. The quantitative estimate of drug-likeness (QED) is 0.400. The van der Waals surface area contributed by atoms with Crippen LogP contribution in [0.5, 0.6) is 0 Å². The van der Waals surface area contributed by atoms with Gasteiger partial charge in [-0.05, 0) is 54.8 Å². The summed E-state index contributed by atoms with van der Waals surface area (Å²) < 4.78 is 30.8. The molecule has 7 heteroatoms. The van der Waals surface area contributed by atoms with Crippen LogP contribution in [0.2, 0.25) is 17.6 Å². The molecule has 0 saturated heterocycles. The smallest absolute Gasteiger partial charge is 0.263 e. The van der Waals surface area contributed by atoms with Crippen LogP contribution in [0.25, 0.3) is 10.9 Å². The topological polar surface area (TPSA) is 50.3 Å². The number of rotatable bonds is 5. The van der Waals surface area contributed by atoms with Crippen LogP contribution in [0.15, 0.2) is 64.1 Å². The number of halogens is 1. The molecule has 2 atom stereocenters. The molecular formula is C23H26BrN2O2SSi. The highest BCUT2D eigenvalue weighted by molar-refractivity contribution is 9.10. The van der Waals surface area contributed by atoms with Gasteiger partial charge < -0.3 is 0 Å². The van der Waals surface area contributed by atoms with E-state index in [1.165, 1.54) is 0 Å². The molecule has 1 aliphatic heterocycles. The standard InChI is InChI=1S/C23H26BrN2O2SSi/c1-4-30(5-2)22-15-18-14-19(24)11-12-20(18)26(16(22)3)29(27,28)21-10-6-8-17-9-7-13-25-23(17)21/h6-14,16,22H,4-5,15H2,1-3H3/t16-,22-/m1/s1. The Morgan fingerprint density at radius 1 is 1.13 bits per heavy atom. The van der Waals surface area contributed by atoms with Crippen LogP contribution in [0, 0.1) is 0 Å². The Labute approximate surface area is 189 Å². The molecule has 0 amide bonds. The van der Waals surface area contributed by atoms with Crippen molar-refractivity contribution in [1.82, 2.24) is 4.98 Å². The average Bonchev–Trinajstić information content (AvgIpc) is 2.74. The Kier molecular flexibility index (Phi) is 6.05. The Bertz CT molecular complexity index is 1180. The van der Waals surface area contributed by atoms with Crippen molar-refractivity contribution in [1.29, 1.82) is 0 Å².